The number of hydrogen-bond donors (Lipinski definition) is 1. The normalized spacial score (nSPS) is 20.0. The number of nitrogens with one attached hydrogen (secondary N) is 1. The van der Waals surface area contributed by atoms with Gasteiger partial charge in [0.25, 0.3) is 5.91 Å². The van der Waals surface area contributed by atoms with Crippen molar-refractivity contribution < 1.29 is 19.1 Å². The monoisotopic (exact) mass is 290 g/mol. The van der Waals surface area contributed by atoms with Crippen LogP contribution in [0.1, 0.15) is 23.2 Å². The molecule has 21 heavy (non-hydrogen) atoms. The molecule has 3 rings (SSSR count). The summed E-state index contributed by atoms with van der Waals surface area (Å²) < 4.78 is 10.6. The van der Waals surface area contributed by atoms with Gasteiger partial charge in [0.05, 0.1) is 19.2 Å². The molecule has 0 saturated carbocycles. The van der Waals surface area contributed by atoms with Crippen molar-refractivity contribution in [2.75, 3.05) is 26.7 Å². The predicted molar refractivity (Wildman–Crippen MR) is 75.3 cm³/mol. The van der Waals surface area contributed by atoms with Crippen LogP contribution in [0.4, 0.5) is 4.79 Å². The molecule has 0 unspecified atom stereocenters. The summed E-state index contributed by atoms with van der Waals surface area (Å²) >= 11 is 0. The van der Waals surface area contributed by atoms with E-state index in [1.165, 1.54) is 0 Å². The minimum absolute atomic E-state index is 0.0421. The number of carbonyl (C=O) groups excluding carboxylic acids is 2. The molecule has 2 aliphatic heterocycles. The first-order valence-electron chi connectivity index (χ1n) is 7.03. The van der Waals surface area contributed by atoms with Crippen LogP contribution < -0.4 is 10.1 Å². The van der Waals surface area contributed by atoms with Crippen LogP contribution in [0.3, 0.4) is 0 Å². The first-order valence-corrected chi connectivity index (χ1v) is 7.03. The van der Waals surface area contributed by atoms with Gasteiger partial charge in [0.1, 0.15) is 11.4 Å². The number of nitrogens with zero attached hydrogens (tertiary/aromatic N) is 1. The predicted octanol–water partition coefficient (Wildman–Crippen LogP) is 1.41. The Hall–Kier alpha value is -2.24. The summed E-state index contributed by atoms with van der Waals surface area (Å²) in [5.74, 6) is 0.538. The Balaban J connectivity index is 1.69. The second-order valence-electron chi connectivity index (χ2n) is 5.42. The van der Waals surface area contributed by atoms with Gasteiger partial charge in [-0.3, -0.25) is 4.79 Å². The van der Waals surface area contributed by atoms with Crippen LogP contribution in [0.2, 0.25) is 0 Å². The van der Waals surface area contributed by atoms with Gasteiger partial charge in [0.2, 0.25) is 0 Å². The SMILES string of the molecule is COc1ccccc1C(=O)N1CCC2(CC1)CNC(=O)O2. The lowest BCUT2D eigenvalue weighted by molar-refractivity contribution is 0.00324. The standard InChI is InChI=1S/C15H18N2O4/c1-20-12-5-3-2-4-11(12)13(18)17-8-6-15(7-9-17)10-16-14(19)21-15/h2-5H,6-10H2,1H3,(H,16,19). The van der Waals surface area contributed by atoms with Crippen LogP contribution >= 0.6 is 0 Å². The van der Waals surface area contributed by atoms with E-state index < -0.39 is 5.60 Å². The fourth-order valence-corrected chi connectivity index (χ4v) is 2.89. The molecule has 2 heterocycles. The van der Waals surface area contributed by atoms with Gasteiger partial charge in [-0.25, -0.2) is 4.79 Å². The number of alkyl carbamates (subject to hydrolysis) is 1. The zero-order valence-corrected chi connectivity index (χ0v) is 11.9. The molecular formula is C15H18N2O4. The molecule has 1 aromatic carbocycles. The molecule has 6 nitrogen and oxygen atoms in total. The number of methoxy groups -OCH3 is 1. The molecule has 0 aliphatic carbocycles. The number of likely N-dealkylation sites (tertiary alicyclic amines) is 1. The molecule has 112 valence electrons. The molecule has 6 heteroatoms. The summed E-state index contributed by atoms with van der Waals surface area (Å²) in [6, 6.07) is 7.21. The van der Waals surface area contributed by atoms with E-state index in [9.17, 15) is 9.59 Å². The van der Waals surface area contributed by atoms with Crippen molar-refractivity contribution >= 4 is 12.0 Å². The first-order chi connectivity index (χ1) is 10.1. The van der Waals surface area contributed by atoms with Crippen molar-refractivity contribution in [3.05, 3.63) is 29.8 Å². The van der Waals surface area contributed by atoms with Crippen molar-refractivity contribution in [1.82, 2.24) is 10.2 Å². The molecule has 0 radical (unpaired) electrons. The van der Waals surface area contributed by atoms with Gasteiger partial charge in [-0.05, 0) is 12.1 Å². The summed E-state index contributed by atoms with van der Waals surface area (Å²) in [6.45, 7) is 1.68. The quantitative estimate of drug-likeness (QED) is 0.894. The molecule has 1 spiro atoms. The average molecular weight is 290 g/mol. The number of piperidine rings is 1. The number of para-hydroxylation sites is 1. The second kappa shape index (κ2) is 5.27. The first kappa shape index (κ1) is 13.7. The maximum absolute atomic E-state index is 12.6. The molecule has 1 aromatic rings. The van der Waals surface area contributed by atoms with Crippen molar-refractivity contribution in [3.8, 4) is 5.75 Å². The lowest BCUT2D eigenvalue weighted by Gasteiger charge is -2.37. The lowest BCUT2D eigenvalue weighted by Crippen LogP contribution is -2.48. The van der Waals surface area contributed by atoms with Crippen LogP contribution in [0.5, 0.6) is 5.75 Å². The fourth-order valence-electron chi connectivity index (χ4n) is 2.89. The third-order valence-electron chi connectivity index (χ3n) is 4.16. The highest BCUT2D eigenvalue weighted by atomic mass is 16.6. The molecule has 2 amide bonds. The Morgan fingerprint density at radius 2 is 2.05 bits per heavy atom. The molecule has 0 atom stereocenters. The van der Waals surface area contributed by atoms with Gasteiger partial charge >= 0.3 is 6.09 Å². The van der Waals surface area contributed by atoms with Crippen LogP contribution in [0.15, 0.2) is 24.3 Å². The van der Waals surface area contributed by atoms with Crippen LogP contribution in [0, 0.1) is 0 Å². The smallest absolute Gasteiger partial charge is 0.407 e. The highest BCUT2D eigenvalue weighted by Crippen LogP contribution is 2.30. The Kier molecular flexibility index (Phi) is 3.45. The number of rotatable bonds is 2. The van der Waals surface area contributed by atoms with Gasteiger partial charge < -0.3 is 19.7 Å². The van der Waals surface area contributed by atoms with E-state index in [1.807, 2.05) is 12.1 Å². The number of amides is 2. The van der Waals surface area contributed by atoms with E-state index in [0.29, 0.717) is 43.8 Å². The topological polar surface area (TPSA) is 67.9 Å². The van der Waals surface area contributed by atoms with Gasteiger partial charge in [-0.15, -0.1) is 0 Å². The van der Waals surface area contributed by atoms with Gasteiger partial charge in [0.15, 0.2) is 0 Å². The second-order valence-corrected chi connectivity index (χ2v) is 5.42. The Labute approximate surface area is 123 Å². The molecule has 0 aromatic heterocycles. The largest absolute Gasteiger partial charge is 0.496 e. The minimum atomic E-state index is -0.436. The summed E-state index contributed by atoms with van der Waals surface area (Å²) in [6.07, 6.45) is 0.957. The number of ether oxygens (including phenoxy) is 2. The van der Waals surface area contributed by atoms with Crippen molar-refractivity contribution in [1.29, 1.82) is 0 Å². The highest BCUT2D eigenvalue weighted by molar-refractivity contribution is 5.97. The molecule has 2 aliphatic rings. The molecule has 2 fully saturated rings. The van der Waals surface area contributed by atoms with E-state index in [2.05, 4.69) is 5.32 Å². The highest BCUT2D eigenvalue weighted by Gasteiger charge is 2.43. The molecule has 0 bridgehead atoms. The summed E-state index contributed by atoms with van der Waals surface area (Å²) in [5.41, 5.74) is 0.131. The molecular weight excluding hydrogens is 272 g/mol. The maximum Gasteiger partial charge on any atom is 0.407 e. The average Bonchev–Trinajstić information content (AvgIpc) is 2.88. The third-order valence-corrected chi connectivity index (χ3v) is 4.16. The van der Waals surface area contributed by atoms with Crippen molar-refractivity contribution in [2.24, 2.45) is 0 Å². The molecule has 1 N–H and O–H groups in total. The van der Waals surface area contributed by atoms with E-state index in [4.69, 9.17) is 9.47 Å². The third kappa shape index (κ3) is 2.53. The van der Waals surface area contributed by atoms with Crippen molar-refractivity contribution in [3.63, 3.8) is 0 Å². The Morgan fingerprint density at radius 3 is 2.67 bits per heavy atom. The van der Waals surface area contributed by atoms with Gasteiger partial charge in [0, 0.05) is 25.9 Å². The number of benzene rings is 1. The van der Waals surface area contributed by atoms with E-state index in [-0.39, 0.29) is 12.0 Å². The van der Waals surface area contributed by atoms with Crippen LogP contribution in [-0.4, -0.2) is 49.2 Å². The number of hydrogen-bond acceptors (Lipinski definition) is 4. The maximum atomic E-state index is 12.6. The van der Waals surface area contributed by atoms with E-state index >= 15 is 0 Å². The minimum Gasteiger partial charge on any atom is -0.496 e. The fraction of sp³-hybridized carbons (Fsp3) is 0.467. The summed E-state index contributed by atoms with van der Waals surface area (Å²) in [5, 5.41) is 2.69. The van der Waals surface area contributed by atoms with E-state index in [1.54, 1.807) is 24.1 Å². The number of carbonyl (C=O) groups is 2. The van der Waals surface area contributed by atoms with Gasteiger partial charge in [-0.2, -0.15) is 0 Å². The Morgan fingerprint density at radius 1 is 1.33 bits per heavy atom. The lowest BCUT2D eigenvalue weighted by atomic mass is 9.91. The van der Waals surface area contributed by atoms with Crippen LogP contribution in [0.25, 0.3) is 0 Å². The molecule has 2 saturated heterocycles. The van der Waals surface area contributed by atoms with Crippen molar-refractivity contribution in [2.45, 2.75) is 18.4 Å². The Bertz CT molecular complexity index is 565. The van der Waals surface area contributed by atoms with Crippen LogP contribution in [-0.2, 0) is 4.74 Å². The zero-order valence-electron chi connectivity index (χ0n) is 11.9. The zero-order chi connectivity index (χ0) is 14.9. The summed E-state index contributed by atoms with van der Waals surface area (Å²) in [4.78, 5) is 25.6. The van der Waals surface area contributed by atoms with Gasteiger partial charge in [-0.1, -0.05) is 12.1 Å². The van der Waals surface area contributed by atoms with E-state index in [0.717, 1.165) is 0 Å². The summed E-state index contributed by atoms with van der Waals surface area (Å²) in [7, 11) is 1.56.